The summed E-state index contributed by atoms with van der Waals surface area (Å²) in [5.41, 5.74) is 6.75. The van der Waals surface area contributed by atoms with Crippen molar-refractivity contribution >= 4 is 21.4 Å². The molecule has 0 spiro atoms. The summed E-state index contributed by atoms with van der Waals surface area (Å²) in [5.74, 6) is -0.183. The summed E-state index contributed by atoms with van der Waals surface area (Å²) < 4.78 is 21.8. The quantitative estimate of drug-likeness (QED) is 0.783. The fraction of sp³-hybridized carbons (Fsp3) is 0.625. The molecule has 0 bridgehead atoms. The van der Waals surface area contributed by atoms with Crippen LogP contribution in [0, 0.1) is 0 Å². The molecule has 4 N–H and O–H groups in total. The van der Waals surface area contributed by atoms with Crippen LogP contribution in [0.3, 0.4) is 0 Å². The lowest BCUT2D eigenvalue weighted by molar-refractivity contribution is 0.562. The van der Waals surface area contributed by atoms with E-state index in [-0.39, 0.29) is 11.8 Å². The second-order valence-electron chi connectivity index (χ2n) is 3.72. The van der Waals surface area contributed by atoms with Crippen molar-refractivity contribution in [2.45, 2.75) is 31.1 Å². The molecule has 0 saturated carbocycles. The number of aromatic nitrogens is 1. The molecule has 1 unspecified atom stereocenters. The highest BCUT2D eigenvalue weighted by Crippen LogP contribution is 2.32. The summed E-state index contributed by atoms with van der Waals surface area (Å²) >= 11 is 1.42. The first-order chi connectivity index (χ1) is 6.96. The molecule has 84 valence electrons. The van der Waals surface area contributed by atoms with Crippen LogP contribution in [-0.4, -0.2) is 13.4 Å². The molecular weight excluding hydrogens is 234 g/mol. The lowest BCUT2D eigenvalue weighted by atomic mass is 9.99. The number of nitrogens with two attached hydrogens (primary N) is 2. The van der Waals surface area contributed by atoms with Gasteiger partial charge in [-0.1, -0.05) is 0 Å². The van der Waals surface area contributed by atoms with Gasteiger partial charge in [-0.05, 0) is 19.3 Å². The number of aryl methyl sites for hydroxylation is 1. The Morgan fingerprint density at radius 2 is 2.27 bits per heavy atom. The summed E-state index contributed by atoms with van der Waals surface area (Å²) in [6.45, 7) is 0. The van der Waals surface area contributed by atoms with Crippen LogP contribution in [0.2, 0.25) is 0 Å². The third-order valence-corrected chi connectivity index (χ3v) is 4.36. The number of hydrogen-bond donors (Lipinski definition) is 2. The van der Waals surface area contributed by atoms with E-state index in [1.54, 1.807) is 0 Å². The van der Waals surface area contributed by atoms with Gasteiger partial charge in [-0.3, -0.25) is 0 Å². The van der Waals surface area contributed by atoms with Gasteiger partial charge in [0.15, 0.2) is 0 Å². The van der Waals surface area contributed by atoms with Crippen LogP contribution in [-0.2, 0) is 22.2 Å². The standard InChI is InChI=1S/C8H13N3O2S2/c9-5-2-1-3-6-8(5)11-7(14-6)4-15(10,12)13/h5H,1-4,9H2,(H2,10,12,13). The first-order valence-corrected chi connectivity index (χ1v) is 7.23. The van der Waals surface area contributed by atoms with Crippen molar-refractivity contribution in [3.05, 3.63) is 15.6 Å². The van der Waals surface area contributed by atoms with E-state index in [9.17, 15) is 8.42 Å². The Kier molecular flexibility index (Phi) is 2.80. The molecule has 0 amide bonds. The Labute approximate surface area is 92.6 Å². The SMILES string of the molecule is NC1CCCc2sc(CS(N)(=O)=O)nc21. The molecule has 1 atom stereocenters. The second-order valence-corrected chi connectivity index (χ2v) is 6.50. The summed E-state index contributed by atoms with van der Waals surface area (Å²) in [5, 5.41) is 5.52. The van der Waals surface area contributed by atoms with Gasteiger partial charge in [-0.2, -0.15) is 0 Å². The first kappa shape index (κ1) is 11.0. The van der Waals surface area contributed by atoms with Gasteiger partial charge in [0.1, 0.15) is 10.8 Å². The molecule has 15 heavy (non-hydrogen) atoms. The number of thiazole rings is 1. The van der Waals surface area contributed by atoms with E-state index in [4.69, 9.17) is 10.9 Å². The monoisotopic (exact) mass is 247 g/mol. The second kappa shape index (κ2) is 3.82. The maximum atomic E-state index is 10.9. The predicted molar refractivity (Wildman–Crippen MR) is 58.8 cm³/mol. The van der Waals surface area contributed by atoms with Crippen LogP contribution in [0.25, 0.3) is 0 Å². The molecule has 1 aliphatic carbocycles. The number of fused-ring (bicyclic) bond motifs is 1. The molecule has 0 saturated heterocycles. The third-order valence-electron chi connectivity index (χ3n) is 2.37. The van der Waals surface area contributed by atoms with Crippen LogP contribution in [0.5, 0.6) is 0 Å². The minimum absolute atomic E-state index is 0.0424. The maximum Gasteiger partial charge on any atom is 0.215 e. The minimum Gasteiger partial charge on any atom is -0.323 e. The van der Waals surface area contributed by atoms with Crippen LogP contribution in [0.4, 0.5) is 0 Å². The molecule has 7 heteroatoms. The number of hydrogen-bond acceptors (Lipinski definition) is 5. The predicted octanol–water partition coefficient (Wildman–Crippen LogP) is 0.268. The van der Waals surface area contributed by atoms with Crippen molar-refractivity contribution in [2.75, 3.05) is 0 Å². The molecule has 1 aromatic rings. The van der Waals surface area contributed by atoms with Gasteiger partial charge in [0.05, 0.1) is 5.69 Å². The lowest BCUT2D eigenvalue weighted by Gasteiger charge is -2.15. The lowest BCUT2D eigenvalue weighted by Crippen LogP contribution is -2.17. The van der Waals surface area contributed by atoms with E-state index in [0.717, 1.165) is 29.8 Å². The zero-order chi connectivity index (χ0) is 11.1. The fourth-order valence-corrected chi connectivity index (χ4v) is 3.85. The van der Waals surface area contributed by atoms with E-state index in [1.807, 2.05) is 0 Å². The molecule has 1 aliphatic rings. The van der Waals surface area contributed by atoms with E-state index in [2.05, 4.69) is 4.98 Å². The average molecular weight is 247 g/mol. The normalized spacial score (nSPS) is 21.3. The Bertz CT molecular complexity index is 466. The summed E-state index contributed by atoms with van der Waals surface area (Å²) in [7, 11) is -3.49. The van der Waals surface area contributed by atoms with Gasteiger partial charge in [-0.25, -0.2) is 18.5 Å². The zero-order valence-corrected chi connectivity index (χ0v) is 9.77. The maximum absolute atomic E-state index is 10.9. The number of nitrogens with zero attached hydrogens (tertiary/aromatic N) is 1. The molecule has 0 radical (unpaired) electrons. The number of rotatable bonds is 2. The summed E-state index contributed by atoms with van der Waals surface area (Å²) in [6, 6.07) is -0.0424. The highest BCUT2D eigenvalue weighted by Gasteiger charge is 2.22. The Morgan fingerprint density at radius 1 is 1.53 bits per heavy atom. The number of primary sulfonamides is 1. The van der Waals surface area contributed by atoms with Crippen LogP contribution < -0.4 is 10.9 Å². The van der Waals surface area contributed by atoms with E-state index in [1.165, 1.54) is 11.3 Å². The van der Waals surface area contributed by atoms with Crippen LogP contribution >= 0.6 is 11.3 Å². The molecule has 1 aromatic heterocycles. The molecule has 0 aliphatic heterocycles. The Balaban J connectivity index is 2.29. The molecular formula is C8H13N3O2S2. The summed E-state index contributed by atoms with van der Waals surface area (Å²) in [6.07, 6.45) is 2.92. The van der Waals surface area contributed by atoms with Crippen molar-refractivity contribution in [2.24, 2.45) is 10.9 Å². The largest absolute Gasteiger partial charge is 0.323 e. The van der Waals surface area contributed by atoms with E-state index < -0.39 is 10.0 Å². The van der Waals surface area contributed by atoms with Crippen LogP contribution in [0.15, 0.2) is 0 Å². The van der Waals surface area contributed by atoms with Gasteiger partial charge in [0, 0.05) is 10.9 Å². The zero-order valence-electron chi connectivity index (χ0n) is 8.14. The average Bonchev–Trinajstić information content (AvgIpc) is 2.45. The van der Waals surface area contributed by atoms with Crippen LogP contribution in [0.1, 0.15) is 34.5 Å². The topological polar surface area (TPSA) is 99.1 Å². The first-order valence-electron chi connectivity index (χ1n) is 4.70. The van der Waals surface area contributed by atoms with Crippen molar-refractivity contribution < 1.29 is 8.42 Å². The molecule has 0 fully saturated rings. The van der Waals surface area contributed by atoms with E-state index in [0.29, 0.717) is 5.01 Å². The minimum atomic E-state index is -3.49. The van der Waals surface area contributed by atoms with Crippen molar-refractivity contribution in [1.29, 1.82) is 0 Å². The van der Waals surface area contributed by atoms with Crippen molar-refractivity contribution in [1.82, 2.24) is 4.98 Å². The molecule has 2 rings (SSSR count). The van der Waals surface area contributed by atoms with Gasteiger partial charge in [0.25, 0.3) is 0 Å². The molecule has 5 nitrogen and oxygen atoms in total. The summed E-state index contributed by atoms with van der Waals surface area (Å²) in [4.78, 5) is 5.37. The highest BCUT2D eigenvalue weighted by atomic mass is 32.2. The Morgan fingerprint density at radius 3 is 2.87 bits per heavy atom. The van der Waals surface area contributed by atoms with Gasteiger partial charge in [-0.15, -0.1) is 11.3 Å². The van der Waals surface area contributed by atoms with Crippen molar-refractivity contribution in [3.63, 3.8) is 0 Å². The highest BCUT2D eigenvalue weighted by molar-refractivity contribution is 7.88. The van der Waals surface area contributed by atoms with Gasteiger partial charge in [0.2, 0.25) is 10.0 Å². The molecule has 0 aromatic carbocycles. The smallest absolute Gasteiger partial charge is 0.215 e. The number of sulfonamides is 1. The Hall–Kier alpha value is -0.500. The molecule has 1 heterocycles. The van der Waals surface area contributed by atoms with E-state index >= 15 is 0 Å². The van der Waals surface area contributed by atoms with Crippen molar-refractivity contribution in [3.8, 4) is 0 Å². The van der Waals surface area contributed by atoms with Gasteiger partial charge >= 0.3 is 0 Å². The fourth-order valence-electron chi connectivity index (χ4n) is 1.74. The third kappa shape index (κ3) is 2.54. The van der Waals surface area contributed by atoms with Gasteiger partial charge < -0.3 is 5.73 Å².